The molecular weight excluding hydrogens is 258 g/mol. The molecule has 0 spiro atoms. The van der Waals surface area contributed by atoms with Crippen molar-refractivity contribution in [2.45, 2.75) is 58.8 Å². The second-order valence-electron chi connectivity index (χ2n) is 6.90. The SMILES string of the molecule is CC(C)(C)NCC(OC(C)(C)C)c1cccc(Cl)c1. The zero-order chi connectivity index (χ0) is 14.7. The van der Waals surface area contributed by atoms with Crippen molar-refractivity contribution in [1.82, 2.24) is 5.32 Å². The number of benzene rings is 1. The van der Waals surface area contributed by atoms with Gasteiger partial charge in [0.05, 0.1) is 11.7 Å². The highest BCUT2D eigenvalue weighted by atomic mass is 35.5. The fourth-order valence-corrected chi connectivity index (χ4v) is 1.96. The predicted octanol–water partition coefficient (Wildman–Crippen LogP) is 4.58. The molecule has 0 amide bonds. The first-order valence-corrected chi connectivity index (χ1v) is 7.13. The summed E-state index contributed by atoms with van der Waals surface area (Å²) in [6.45, 7) is 13.4. The Hall–Kier alpha value is -0.570. The van der Waals surface area contributed by atoms with Gasteiger partial charge >= 0.3 is 0 Å². The van der Waals surface area contributed by atoms with E-state index in [1.54, 1.807) is 0 Å². The molecular formula is C16H26ClNO. The van der Waals surface area contributed by atoms with E-state index in [9.17, 15) is 0 Å². The molecule has 1 rings (SSSR count). The number of hydrogen-bond donors (Lipinski definition) is 1. The Labute approximate surface area is 122 Å². The fraction of sp³-hybridized carbons (Fsp3) is 0.625. The van der Waals surface area contributed by atoms with Gasteiger partial charge in [0.2, 0.25) is 0 Å². The summed E-state index contributed by atoms with van der Waals surface area (Å²) in [5.74, 6) is 0. The van der Waals surface area contributed by atoms with Crippen LogP contribution in [0.3, 0.4) is 0 Å². The third-order valence-corrected chi connectivity index (χ3v) is 2.77. The topological polar surface area (TPSA) is 21.3 Å². The molecule has 0 aliphatic rings. The Morgan fingerprint density at radius 1 is 1.16 bits per heavy atom. The van der Waals surface area contributed by atoms with Gasteiger partial charge in [0, 0.05) is 17.1 Å². The molecule has 2 nitrogen and oxygen atoms in total. The summed E-state index contributed by atoms with van der Waals surface area (Å²) in [6, 6.07) is 7.89. The van der Waals surface area contributed by atoms with Crippen LogP contribution in [-0.2, 0) is 4.74 Å². The van der Waals surface area contributed by atoms with Crippen LogP contribution < -0.4 is 5.32 Å². The van der Waals surface area contributed by atoms with Crippen molar-refractivity contribution in [3.8, 4) is 0 Å². The van der Waals surface area contributed by atoms with Crippen molar-refractivity contribution in [1.29, 1.82) is 0 Å². The molecule has 0 aliphatic heterocycles. The maximum Gasteiger partial charge on any atom is 0.0957 e. The summed E-state index contributed by atoms with van der Waals surface area (Å²) in [6.07, 6.45) is -0.00192. The Balaban J connectivity index is 2.86. The zero-order valence-electron chi connectivity index (χ0n) is 12.9. The number of hydrogen-bond acceptors (Lipinski definition) is 2. The molecule has 0 bridgehead atoms. The third-order valence-electron chi connectivity index (χ3n) is 2.53. The Morgan fingerprint density at radius 2 is 1.79 bits per heavy atom. The molecule has 0 aromatic heterocycles. The second-order valence-corrected chi connectivity index (χ2v) is 7.34. The minimum absolute atomic E-state index is 0.00192. The molecule has 0 saturated heterocycles. The molecule has 1 atom stereocenters. The van der Waals surface area contributed by atoms with Gasteiger partial charge in [-0.05, 0) is 59.2 Å². The lowest BCUT2D eigenvalue weighted by atomic mass is 10.0. The Bertz CT molecular complexity index is 404. The van der Waals surface area contributed by atoms with E-state index in [-0.39, 0.29) is 17.2 Å². The molecule has 0 heterocycles. The van der Waals surface area contributed by atoms with E-state index in [2.05, 4.69) is 52.9 Å². The van der Waals surface area contributed by atoms with Gasteiger partial charge in [-0.15, -0.1) is 0 Å². The van der Waals surface area contributed by atoms with Crippen molar-refractivity contribution in [3.63, 3.8) is 0 Å². The van der Waals surface area contributed by atoms with Gasteiger partial charge in [0.1, 0.15) is 0 Å². The van der Waals surface area contributed by atoms with Crippen LogP contribution >= 0.6 is 11.6 Å². The highest BCUT2D eigenvalue weighted by Crippen LogP contribution is 2.26. The monoisotopic (exact) mass is 283 g/mol. The number of halogens is 1. The average molecular weight is 284 g/mol. The van der Waals surface area contributed by atoms with E-state index < -0.39 is 0 Å². The van der Waals surface area contributed by atoms with E-state index in [1.165, 1.54) is 0 Å². The van der Waals surface area contributed by atoms with Crippen molar-refractivity contribution in [2.75, 3.05) is 6.54 Å². The highest BCUT2D eigenvalue weighted by molar-refractivity contribution is 6.30. The summed E-state index contributed by atoms with van der Waals surface area (Å²) in [7, 11) is 0. The Morgan fingerprint density at radius 3 is 2.26 bits per heavy atom. The fourth-order valence-electron chi connectivity index (χ4n) is 1.76. The standard InChI is InChI=1S/C16H26ClNO/c1-15(2,3)18-11-14(19-16(4,5)6)12-8-7-9-13(17)10-12/h7-10,14,18H,11H2,1-6H3. The van der Waals surface area contributed by atoms with Crippen LogP contribution in [0.25, 0.3) is 0 Å². The van der Waals surface area contributed by atoms with Gasteiger partial charge in [-0.25, -0.2) is 0 Å². The maximum atomic E-state index is 6.15. The maximum absolute atomic E-state index is 6.15. The van der Waals surface area contributed by atoms with Crippen LogP contribution in [0.4, 0.5) is 0 Å². The van der Waals surface area contributed by atoms with Crippen LogP contribution in [0.5, 0.6) is 0 Å². The number of nitrogens with one attached hydrogen (secondary N) is 1. The number of rotatable bonds is 4. The first-order valence-electron chi connectivity index (χ1n) is 6.75. The largest absolute Gasteiger partial charge is 0.367 e. The predicted molar refractivity (Wildman–Crippen MR) is 82.8 cm³/mol. The molecule has 0 aliphatic carbocycles. The van der Waals surface area contributed by atoms with Gasteiger partial charge < -0.3 is 10.1 Å². The van der Waals surface area contributed by atoms with E-state index in [4.69, 9.17) is 16.3 Å². The summed E-state index contributed by atoms with van der Waals surface area (Å²) < 4.78 is 6.15. The minimum atomic E-state index is -0.188. The lowest BCUT2D eigenvalue weighted by Crippen LogP contribution is -2.40. The molecule has 108 valence electrons. The molecule has 1 aromatic rings. The quantitative estimate of drug-likeness (QED) is 0.873. The first kappa shape index (κ1) is 16.5. The highest BCUT2D eigenvalue weighted by Gasteiger charge is 2.22. The van der Waals surface area contributed by atoms with Crippen molar-refractivity contribution < 1.29 is 4.74 Å². The summed E-state index contributed by atoms with van der Waals surface area (Å²) >= 11 is 6.07. The van der Waals surface area contributed by atoms with Gasteiger partial charge in [-0.1, -0.05) is 23.7 Å². The van der Waals surface area contributed by atoms with Gasteiger partial charge in [-0.2, -0.15) is 0 Å². The molecule has 3 heteroatoms. The molecule has 0 fully saturated rings. The van der Waals surface area contributed by atoms with Crippen molar-refractivity contribution >= 4 is 11.6 Å². The van der Waals surface area contributed by atoms with Gasteiger partial charge in [-0.3, -0.25) is 0 Å². The second kappa shape index (κ2) is 6.25. The third kappa shape index (κ3) is 6.95. The van der Waals surface area contributed by atoms with Crippen LogP contribution in [0, 0.1) is 0 Å². The minimum Gasteiger partial charge on any atom is -0.367 e. The molecule has 1 aromatic carbocycles. The first-order chi connectivity index (χ1) is 8.57. The Kier molecular flexibility index (Phi) is 5.43. The van der Waals surface area contributed by atoms with Crippen LogP contribution in [0.2, 0.25) is 5.02 Å². The molecule has 19 heavy (non-hydrogen) atoms. The average Bonchev–Trinajstić information content (AvgIpc) is 2.21. The lowest BCUT2D eigenvalue weighted by Gasteiger charge is -2.31. The van der Waals surface area contributed by atoms with E-state index in [0.717, 1.165) is 17.1 Å². The molecule has 1 unspecified atom stereocenters. The van der Waals surface area contributed by atoms with Gasteiger partial charge in [0.15, 0.2) is 0 Å². The van der Waals surface area contributed by atoms with Gasteiger partial charge in [0.25, 0.3) is 0 Å². The molecule has 0 radical (unpaired) electrons. The van der Waals surface area contributed by atoms with E-state index in [1.807, 2.05) is 18.2 Å². The zero-order valence-corrected chi connectivity index (χ0v) is 13.6. The smallest absolute Gasteiger partial charge is 0.0957 e. The summed E-state index contributed by atoms with van der Waals surface area (Å²) in [5, 5.41) is 4.24. The van der Waals surface area contributed by atoms with Crippen LogP contribution in [-0.4, -0.2) is 17.7 Å². The van der Waals surface area contributed by atoms with E-state index in [0.29, 0.717) is 0 Å². The normalized spacial score (nSPS) is 14.5. The summed E-state index contributed by atoms with van der Waals surface area (Å²) in [4.78, 5) is 0. The van der Waals surface area contributed by atoms with Crippen molar-refractivity contribution in [3.05, 3.63) is 34.9 Å². The number of ether oxygens (including phenoxy) is 1. The molecule has 1 N–H and O–H groups in total. The van der Waals surface area contributed by atoms with Crippen molar-refractivity contribution in [2.24, 2.45) is 0 Å². The lowest BCUT2D eigenvalue weighted by molar-refractivity contribution is -0.0624. The van der Waals surface area contributed by atoms with Crippen LogP contribution in [0.1, 0.15) is 53.2 Å². The van der Waals surface area contributed by atoms with Crippen LogP contribution in [0.15, 0.2) is 24.3 Å². The molecule has 0 saturated carbocycles. The summed E-state index contributed by atoms with van der Waals surface area (Å²) in [5.41, 5.74) is 0.990. The van der Waals surface area contributed by atoms with E-state index >= 15 is 0 Å².